The highest BCUT2D eigenvalue weighted by molar-refractivity contribution is 5.68. The van der Waals surface area contributed by atoms with Gasteiger partial charge in [0.1, 0.15) is 11.4 Å². The molecule has 1 aliphatic rings. The highest BCUT2D eigenvalue weighted by Crippen LogP contribution is 2.23. The maximum Gasteiger partial charge on any atom is 0.410 e. The minimum atomic E-state index is -0.449. The van der Waals surface area contributed by atoms with E-state index >= 15 is 0 Å². The Hall–Kier alpha value is -1.56. The first kappa shape index (κ1) is 17.8. The Morgan fingerprint density at radius 2 is 2.30 bits per heavy atom. The molecule has 23 heavy (non-hydrogen) atoms. The van der Waals surface area contributed by atoms with E-state index in [0.29, 0.717) is 6.54 Å². The number of amides is 1. The highest BCUT2D eigenvalue weighted by atomic mass is 16.6. The summed E-state index contributed by atoms with van der Waals surface area (Å²) in [5, 5.41) is 7.13. The predicted octanol–water partition coefficient (Wildman–Crippen LogP) is 3.33. The monoisotopic (exact) mass is 323 g/mol. The lowest BCUT2D eigenvalue weighted by Crippen LogP contribution is -2.48. The van der Waals surface area contributed by atoms with Crippen LogP contribution in [0.3, 0.4) is 0 Å². The molecule has 1 fully saturated rings. The molecule has 1 saturated heterocycles. The second kappa shape index (κ2) is 7.81. The third-order valence-corrected chi connectivity index (χ3v) is 4.00. The van der Waals surface area contributed by atoms with Crippen LogP contribution in [-0.2, 0) is 11.3 Å². The zero-order valence-electron chi connectivity index (χ0n) is 14.7. The van der Waals surface area contributed by atoms with Crippen molar-refractivity contribution in [3.8, 4) is 0 Å². The molecule has 2 unspecified atom stereocenters. The van der Waals surface area contributed by atoms with Gasteiger partial charge in [-0.2, -0.15) is 0 Å². The van der Waals surface area contributed by atoms with E-state index in [1.54, 1.807) is 6.20 Å². The molecule has 1 amide bonds. The van der Waals surface area contributed by atoms with E-state index in [1.165, 1.54) is 6.42 Å². The van der Waals surface area contributed by atoms with Gasteiger partial charge >= 0.3 is 6.09 Å². The molecule has 1 aliphatic heterocycles. The molecule has 1 aromatic heterocycles. The fraction of sp³-hybridized carbons (Fsp3) is 0.765. The van der Waals surface area contributed by atoms with Gasteiger partial charge in [-0.05, 0) is 53.4 Å². The van der Waals surface area contributed by atoms with Crippen LogP contribution >= 0.6 is 0 Å². The molecule has 0 aromatic carbocycles. The summed E-state index contributed by atoms with van der Waals surface area (Å²) in [6, 6.07) is 2.37. The molecule has 0 aliphatic carbocycles. The van der Waals surface area contributed by atoms with Gasteiger partial charge in [0.2, 0.25) is 0 Å². The molecule has 2 heterocycles. The summed E-state index contributed by atoms with van der Waals surface area (Å²) in [5.41, 5.74) is -0.449. The number of rotatable bonds is 5. The first-order chi connectivity index (χ1) is 10.8. The van der Waals surface area contributed by atoms with Gasteiger partial charge in [-0.3, -0.25) is 0 Å². The van der Waals surface area contributed by atoms with Gasteiger partial charge < -0.3 is 19.5 Å². The van der Waals surface area contributed by atoms with E-state index in [2.05, 4.69) is 17.4 Å². The van der Waals surface area contributed by atoms with E-state index in [-0.39, 0.29) is 18.2 Å². The number of ether oxygens (including phenoxy) is 1. The fourth-order valence-corrected chi connectivity index (χ4v) is 2.91. The van der Waals surface area contributed by atoms with Crippen LogP contribution in [0.25, 0.3) is 0 Å². The van der Waals surface area contributed by atoms with Crippen LogP contribution in [0, 0.1) is 0 Å². The molecular weight excluding hydrogens is 294 g/mol. The summed E-state index contributed by atoms with van der Waals surface area (Å²) < 4.78 is 10.6. The zero-order valence-corrected chi connectivity index (χ0v) is 14.7. The minimum Gasteiger partial charge on any atom is -0.444 e. The lowest BCUT2D eigenvalue weighted by Gasteiger charge is -2.38. The first-order valence-electron chi connectivity index (χ1n) is 8.48. The smallest absolute Gasteiger partial charge is 0.410 e. The number of aromatic nitrogens is 1. The number of nitrogens with one attached hydrogen (secondary N) is 1. The van der Waals surface area contributed by atoms with Gasteiger partial charge in [0.05, 0.1) is 12.7 Å². The second-order valence-corrected chi connectivity index (χ2v) is 7.32. The Morgan fingerprint density at radius 3 is 2.96 bits per heavy atom. The maximum atomic E-state index is 12.4. The van der Waals surface area contributed by atoms with Crippen LogP contribution in [-0.4, -0.2) is 40.4 Å². The number of piperidine rings is 1. The van der Waals surface area contributed by atoms with Crippen molar-refractivity contribution in [2.75, 3.05) is 6.54 Å². The number of carbonyl (C=O) groups is 1. The molecular formula is C17H29N3O3. The lowest BCUT2D eigenvalue weighted by molar-refractivity contribution is 0.00786. The number of nitrogens with zero attached hydrogens (tertiary/aromatic N) is 2. The third kappa shape index (κ3) is 5.86. The Morgan fingerprint density at radius 1 is 1.52 bits per heavy atom. The summed E-state index contributed by atoms with van der Waals surface area (Å²) in [6.45, 7) is 9.30. The van der Waals surface area contributed by atoms with Crippen LogP contribution in [0.15, 0.2) is 16.8 Å². The van der Waals surface area contributed by atoms with E-state index in [4.69, 9.17) is 9.26 Å². The molecule has 6 heteroatoms. The van der Waals surface area contributed by atoms with E-state index in [0.717, 1.165) is 31.6 Å². The number of likely N-dealkylation sites (tertiary alicyclic amines) is 1. The van der Waals surface area contributed by atoms with E-state index in [1.807, 2.05) is 31.7 Å². The molecule has 2 rings (SSSR count). The SMILES string of the molecule is CC(CC1CCCCN1C(=O)OC(C)(C)C)NCc1ccno1. The number of hydrogen-bond acceptors (Lipinski definition) is 5. The van der Waals surface area contributed by atoms with Crippen molar-refractivity contribution in [2.24, 2.45) is 0 Å². The van der Waals surface area contributed by atoms with Crippen molar-refractivity contribution in [3.05, 3.63) is 18.0 Å². The summed E-state index contributed by atoms with van der Waals surface area (Å²) in [5.74, 6) is 0.824. The Kier molecular flexibility index (Phi) is 6.04. The fourth-order valence-electron chi connectivity index (χ4n) is 2.91. The Labute approximate surface area is 138 Å². The molecule has 2 atom stereocenters. The molecule has 1 aromatic rings. The lowest BCUT2D eigenvalue weighted by atomic mass is 9.96. The minimum absolute atomic E-state index is 0.190. The summed E-state index contributed by atoms with van der Waals surface area (Å²) in [4.78, 5) is 14.3. The number of carbonyl (C=O) groups excluding carboxylic acids is 1. The highest BCUT2D eigenvalue weighted by Gasteiger charge is 2.31. The van der Waals surface area contributed by atoms with Crippen molar-refractivity contribution < 1.29 is 14.1 Å². The average molecular weight is 323 g/mol. The first-order valence-corrected chi connectivity index (χ1v) is 8.48. The van der Waals surface area contributed by atoms with Gasteiger partial charge in [0.25, 0.3) is 0 Å². The third-order valence-electron chi connectivity index (χ3n) is 4.00. The van der Waals surface area contributed by atoms with Gasteiger partial charge in [0, 0.05) is 24.7 Å². The predicted molar refractivity (Wildman–Crippen MR) is 88.0 cm³/mol. The van der Waals surface area contributed by atoms with Crippen molar-refractivity contribution in [1.29, 1.82) is 0 Å². The van der Waals surface area contributed by atoms with Crippen molar-refractivity contribution in [2.45, 2.75) is 77.6 Å². The summed E-state index contributed by atoms with van der Waals surface area (Å²) in [6.07, 6.45) is 5.62. The zero-order chi connectivity index (χ0) is 16.9. The summed E-state index contributed by atoms with van der Waals surface area (Å²) in [7, 11) is 0. The Balaban J connectivity index is 1.86. The van der Waals surface area contributed by atoms with Gasteiger partial charge in [0.15, 0.2) is 0 Å². The van der Waals surface area contributed by atoms with Crippen LogP contribution in [0.4, 0.5) is 4.79 Å². The molecule has 0 radical (unpaired) electrons. The van der Waals surface area contributed by atoms with Crippen molar-refractivity contribution in [1.82, 2.24) is 15.4 Å². The molecule has 0 saturated carbocycles. The summed E-state index contributed by atoms with van der Waals surface area (Å²) >= 11 is 0. The van der Waals surface area contributed by atoms with Crippen LogP contribution in [0.5, 0.6) is 0 Å². The standard InChI is InChI=1S/C17H29N3O3/c1-13(18-12-15-8-9-19-23-15)11-14-7-5-6-10-20(14)16(21)22-17(2,3)4/h8-9,13-14,18H,5-7,10-12H2,1-4H3. The normalized spacial score (nSPS) is 20.3. The maximum absolute atomic E-state index is 12.4. The second-order valence-electron chi connectivity index (χ2n) is 7.32. The molecule has 0 spiro atoms. The molecule has 130 valence electrons. The van der Waals surface area contributed by atoms with Crippen LogP contribution in [0.2, 0.25) is 0 Å². The van der Waals surface area contributed by atoms with Crippen LogP contribution in [0.1, 0.15) is 59.1 Å². The van der Waals surface area contributed by atoms with Gasteiger partial charge in [-0.25, -0.2) is 4.79 Å². The molecule has 1 N–H and O–H groups in total. The molecule has 0 bridgehead atoms. The quantitative estimate of drug-likeness (QED) is 0.900. The Bertz CT molecular complexity index is 482. The number of hydrogen-bond donors (Lipinski definition) is 1. The van der Waals surface area contributed by atoms with Crippen LogP contribution < -0.4 is 5.32 Å². The average Bonchev–Trinajstić information content (AvgIpc) is 2.97. The topological polar surface area (TPSA) is 67.6 Å². The van der Waals surface area contributed by atoms with Crippen molar-refractivity contribution >= 4 is 6.09 Å². The van der Waals surface area contributed by atoms with Gasteiger partial charge in [-0.1, -0.05) is 5.16 Å². The van der Waals surface area contributed by atoms with E-state index in [9.17, 15) is 4.79 Å². The van der Waals surface area contributed by atoms with Gasteiger partial charge in [-0.15, -0.1) is 0 Å². The largest absolute Gasteiger partial charge is 0.444 e. The van der Waals surface area contributed by atoms with Crippen molar-refractivity contribution in [3.63, 3.8) is 0 Å². The van der Waals surface area contributed by atoms with E-state index < -0.39 is 5.60 Å². The molecule has 6 nitrogen and oxygen atoms in total.